The summed E-state index contributed by atoms with van der Waals surface area (Å²) in [5.74, 6) is -0.200. The monoisotopic (exact) mass is 275 g/mol. The molecule has 0 aliphatic carbocycles. The van der Waals surface area contributed by atoms with Crippen molar-refractivity contribution in [3.8, 4) is 0 Å². The highest BCUT2D eigenvalue weighted by molar-refractivity contribution is 6.30. The molecule has 1 amide bonds. The SMILES string of the molecule is Nc1ccc(C(=O)NCCc2ccc(Cl)cc2)nc1. The highest BCUT2D eigenvalue weighted by Gasteiger charge is 2.05. The van der Waals surface area contributed by atoms with Gasteiger partial charge in [-0.15, -0.1) is 0 Å². The number of nitrogens with one attached hydrogen (secondary N) is 1. The quantitative estimate of drug-likeness (QED) is 0.900. The molecule has 0 saturated heterocycles. The van der Waals surface area contributed by atoms with Crippen LogP contribution >= 0.6 is 11.6 Å². The van der Waals surface area contributed by atoms with Crippen molar-refractivity contribution < 1.29 is 4.79 Å². The number of hydrogen-bond acceptors (Lipinski definition) is 3. The van der Waals surface area contributed by atoms with Crippen molar-refractivity contribution in [2.24, 2.45) is 0 Å². The zero-order chi connectivity index (χ0) is 13.7. The van der Waals surface area contributed by atoms with Gasteiger partial charge in [0.1, 0.15) is 5.69 Å². The van der Waals surface area contributed by atoms with Crippen LogP contribution in [0.25, 0.3) is 0 Å². The lowest BCUT2D eigenvalue weighted by Crippen LogP contribution is -2.26. The Morgan fingerprint density at radius 2 is 1.95 bits per heavy atom. The second-order valence-electron chi connectivity index (χ2n) is 4.11. The molecule has 0 aliphatic rings. The van der Waals surface area contributed by atoms with Gasteiger partial charge in [-0.3, -0.25) is 4.79 Å². The number of anilines is 1. The molecule has 98 valence electrons. The maximum atomic E-state index is 11.8. The maximum absolute atomic E-state index is 11.8. The molecule has 0 saturated carbocycles. The normalized spacial score (nSPS) is 10.2. The standard InChI is InChI=1S/C14H14ClN3O/c15-11-3-1-10(2-4-11)7-8-17-14(19)13-6-5-12(16)9-18-13/h1-6,9H,7-8,16H2,(H,17,19). The van der Waals surface area contributed by atoms with Gasteiger partial charge < -0.3 is 11.1 Å². The Morgan fingerprint density at radius 1 is 1.21 bits per heavy atom. The number of hydrogen-bond donors (Lipinski definition) is 2. The minimum Gasteiger partial charge on any atom is -0.397 e. The van der Waals surface area contributed by atoms with Crippen LogP contribution in [0.1, 0.15) is 16.1 Å². The Balaban J connectivity index is 1.84. The van der Waals surface area contributed by atoms with Crippen LogP contribution in [0, 0.1) is 0 Å². The Morgan fingerprint density at radius 3 is 2.58 bits per heavy atom. The van der Waals surface area contributed by atoms with Gasteiger partial charge in [0.2, 0.25) is 0 Å². The molecule has 0 unspecified atom stereocenters. The van der Waals surface area contributed by atoms with Crippen LogP contribution in [0.3, 0.4) is 0 Å². The van der Waals surface area contributed by atoms with Crippen molar-refractivity contribution in [2.75, 3.05) is 12.3 Å². The Labute approximate surface area is 116 Å². The minimum atomic E-state index is -0.200. The molecular formula is C14H14ClN3O. The van der Waals surface area contributed by atoms with Gasteiger partial charge in [0.15, 0.2) is 0 Å². The molecular weight excluding hydrogens is 262 g/mol. The number of nitrogen functional groups attached to an aromatic ring is 1. The number of rotatable bonds is 4. The van der Waals surface area contributed by atoms with Crippen LogP contribution in [0.5, 0.6) is 0 Å². The fourth-order valence-electron chi connectivity index (χ4n) is 1.60. The van der Waals surface area contributed by atoms with Crippen molar-refractivity contribution in [3.05, 3.63) is 58.9 Å². The molecule has 0 atom stereocenters. The Hall–Kier alpha value is -2.07. The van der Waals surface area contributed by atoms with E-state index in [9.17, 15) is 4.79 Å². The van der Waals surface area contributed by atoms with Crippen LogP contribution in [-0.4, -0.2) is 17.4 Å². The summed E-state index contributed by atoms with van der Waals surface area (Å²) in [4.78, 5) is 15.7. The first-order valence-corrected chi connectivity index (χ1v) is 6.27. The summed E-state index contributed by atoms with van der Waals surface area (Å²) in [6, 6.07) is 10.8. The van der Waals surface area contributed by atoms with Gasteiger partial charge in [0, 0.05) is 11.6 Å². The summed E-state index contributed by atoms with van der Waals surface area (Å²) in [6.45, 7) is 0.548. The number of pyridine rings is 1. The average Bonchev–Trinajstić information content (AvgIpc) is 2.41. The maximum Gasteiger partial charge on any atom is 0.269 e. The van der Waals surface area contributed by atoms with Crippen LogP contribution < -0.4 is 11.1 Å². The number of benzene rings is 1. The van der Waals surface area contributed by atoms with Gasteiger partial charge in [-0.1, -0.05) is 23.7 Å². The third kappa shape index (κ3) is 3.96. The predicted molar refractivity (Wildman–Crippen MR) is 76.1 cm³/mol. The van der Waals surface area contributed by atoms with Gasteiger partial charge >= 0.3 is 0 Å². The zero-order valence-electron chi connectivity index (χ0n) is 10.3. The minimum absolute atomic E-state index is 0.200. The van der Waals surface area contributed by atoms with E-state index in [2.05, 4.69) is 10.3 Å². The highest BCUT2D eigenvalue weighted by atomic mass is 35.5. The molecule has 0 radical (unpaired) electrons. The molecule has 0 bridgehead atoms. The second kappa shape index (κ2) is 6.20. The van der Waals surface area contributed by atoms with Crippen LogP contribution in [0.2, 0.25) is 5.02 Å². The molecule has 0 aliphatic heterocycles. The number of amides is 1. The molecule has 0 fully saturated rings. The lowest BCUT2D eigenvalue weighted by molar-refractivity contribution is 0.0949. The summed E-state index contributed by atoms with van der Waals surface area (Å²) in [7, 11) is 0. The Bertz CT molecular complexity index is 552. The van der Waals surface area contributed by atoms with Crippen molar-refractivity contribution in [1.29, 1.82) is 0 Å². The van der Waals surface area contributed by atoms with Gasteiger partial charge in [0.05, 0.1) is 11.9 Å². The van der Waals surface area contributed by atoms with E-state index in [1.54, 1.807) is 12.1 Å². The van der Waals surface area contributed by atoms with Gasteiger partial charge in [0.25, 0.3) is 5.91 Å². The summed E-state index contributed by atoms with van der Waals surface area (Å²) in [5, 5.41) is 3.51. The van der Waals surface area contributed by atoms with E-state index in [1.807, 2.05) is 24.3 Å². The fourth-order valence-corrected chi connectivity index (χ4v) is 1.73. The van der Waals surface area contributed by atoms with Crippen LogP contribution in [0.4, 0.5) is 5.69 Å². The lowest BCUT2D eigenvalue weighted by Gasteiger charge is -2.05. The number of halogens is 1. The van der Waals surface area contributed by atoms with E-state index in [-0.39, 0.29) is 5.91 Å². The number of carbonyl (C=O) groups excluding carboxylic acids is 1. The molecule has 19 heavy (non-hydrogen) atoms. The Kier molecular flexibility index (Phi) is 4.36. The second-order valence-corrected chi connectivity index (χ2v) is 4.55. The molecule has 1 aromatic heterocycles. The third-order valence-corrected chi connectivity index (χ3v) is 2.88. The summed E-state index contributed by atoms with van der Waals surface area (Å²) >= 11 is 5.80. The molecule has 5 heteroatoms. The first-order valence-electron chi connectivity index (χ1n) is 5.89. The molecule has 2 aromatic rings. The van der Waals surface area contributed by atoms with E-state index in [1.165, 1.54) is 6.20 Å². The molecule has 3 N–H and O–H groups in total. The lowest BCUT2D eigenvalue weighted by atomic mass is 10.1. The zero-order valence-corrected chi connectivity index (χ0v) is 11.0. The molecule has 0 spiro atoms. The molecule has 1 heterocycles. The number of nitrogens with zero attached hydrogens (tertiary/aromatic N) is 1. The largest absolute Gasteiger partial charge is 0.397 e. The first-order chi connectivity index (χ1) is 9.15. The van der Waals surface area contributed by atoms with Crippen LogP contribution in [0.15, 0.2) is 42.6 Å². The first kappa shape index (κ1) is 13.4. The summed E-state index contributed by atoms with van der Waals surface area (Å²) in [6.07, 6.45) is 2.21. The van der Waals surface area contributed by atoms with Crippen molar-refractivity contribution >= 4 is 23.2 Å². The van der Waals surface area contributed by atoms with E-state index in [0.29, 0.717) is 22.9 Å². The number of aromatic nitrogens is 1. The molecule has 4 nitrogen and oxygen atoms in total. The molecule has 2 rings (SSSR count). The fraction of sp³-hybridized carbons (Fsp3) is 0.143. The summed E-state index contributed by atoms with van der Waals surface area (Å²) in [5.41, 5.74) is 7.54. The molecule has 1 aromatic carbocycles. The van der Waals surface area contributed by atoms with Gasteiger partial charge in [-0.2, -0.15) is 0 Å². The topological polar surface area (TPSA) is 68.0 Å². The number of nitrogens with two attached hydrogens (primary N) is 1. The third-order valence-electron chi connectivity index (χ3n) is 2.63. The van der Waals surface area contributed by atoms with Crippen molar-refractivity contribution in [3.63, 3.8) is 0 Å². The van der Waals surface area contributed by atoms with Crippen molar-refractivity contribution in [1.82, 2.24) is 10.3 Å². The van der Waals surface area contributed by atoms with Crippen molar-refractivity contribution in [2.45, 2.75) is 6.42 Å². The summed E-state index contributed by atoms with van der Waals surface area (Å²) < 4.78 is 0. The smallest absolute Gasteiger partial charge is 0.269 e. The van der Waals surface area contributed by atoms with E-state index in [4.69, 9.17) is 17.3 Å². The average molecular weight is 276 g/mol. The number of carbonyl (C=O) groups is 1. The van der Waals surface area contributed by atoms with E-state index >= 15 is 0 Å². The van der Waals surface area contributed by atoms with E-state index in [0.717, 1.165) is 12.0 Å². The van der Waals surface area contributed by atoms with Crippen LogP contribution in [-0.2, 0) is 6.42 Å². The van der Waals surface area contributed by atoms with Gasteiger partial charge in [-0.25, -0.2) is 4.98 Å². The predicted octanol–water partition coefficient (Wildman–Crippen LogP) is 2.29. The highest BCUT2D eigenvalue weighted by Crippen LogP contribution is 2.09. The van der Waals surface area contributed by atoms with E-state index < -0.39 is 0 Å². The van der Waals surface area contributed by atoms with Gasteiger partial charge in [-0.05, 0) is 36.2 Å².